The van der Waals surface area contributed by atoms with E-state index in [0.717, 1.165) is 11.3 Å². The molecule has 0 aliphatic rings. The first-order valence-electron chi connectivity index (χ1n) is 7.16. The Hall–Kier alpha value is -2.33. The van der Waals surface area contributed by atoms with Gasteiger partial charge in [0, 0.05) is 5.56 Å². The number of ether oxygens (including phenoxy) is 2. The zero-order chi connectivity index (χ0) is 15.9. The molecule has 0 amide bonds. The molecular formula is C18H20O4. The Morgan fingerprint density at radius 2 is 1.64 bits per heavy atom. The van der Waals surface area contributed by atoms with Gasteiger partial charge in [0.05, 0.1) is 0 Å². The fourth-order valence-corrected chi connectivity index (χ4v) is 1.94. The summed E-state index contributed by atoms with van der Waals surface area (Å²) in [6.07, 6.45) is -0.749. The Morgan fingerprint density at radius 1 is 1.05 bits per heavy atom. The van der Waals surface area contributed by atoms with Crippen molar-refractivity contribution in [3.63, 3.8) is 0 Å². The van der Waals surface area contributed by atoms with Crippen LogP contribution in [-0.2, 0) is 0 Å². The van der Waals surface area contributed by atoms with Crippen molar-refractivity contribution in [3.05, 3.63) is 59.7 Å². The van der Waals surface area contributed by atoms with Crippen molar-refractivity contribution in [2.24, 2.45) is 0 Å². The maximum Gasteiger partial charge on any atom is 0.159 e. The van der Waals surface area contributed by atoms with Crippen LogP contribution < -0.4 is 9.47 Å². The lowest BCUT2D eigenvalue weighted by molar-refractivity contribution is 0.0626. The van der Waals surface area contributed by atoms with Crippen molar-refractivity contribution in [1.82, 2.24) is 0 Å². The second-order valence-electron chi connectivity index (χ2n) is 5.18. The van der Waals surface area contributed by atoms with Crippen LogP contribution in [0.25, 0.3) is 0 Å². The van der Waals surface area contributed by atoms with Gasteiger partial charge < -0.3 is 14.6 Å². The number of aliphatic hydroxyl groups is 1. The summed E-state index contributed by atoms with van der Waals surface area (Å²) >= 11 is 0. The van der Waals surface area contributed by atoms with E-state index in [1.807, 2.05) is 31.2 Å². The molecule has 0 bridgehead atoms. The van der Waals surface area contributed by atoms with Crippen LogP contribution in [0.2, 0.25) is 0 Å². The second-order valence-corrected chi connectivity index (χ2v) is 5.18. The first-order valence-corrected chi connectivity index (χ1v) is 7.16. The third kappa shape index (κ3) is 4.90. The van der Waals surface area contributed by atoms with Gasteiger partial charge in [-0.3, -0.25) is 4.79 Å². The smallest absolute Gasteiger partial charge is 0.159 e. The summed E-state index contributed by atoms with van der Waals surface area (Å²) in [6, 6.07) is 14.5. The molecule has 1 N–H and O–H groups in total. The van der Waals surface area contributed by atoms with E-state index in [1.165, 1.54) is 6.92 Å². The molecule has 0 fully saturated rings. The van der Waals surface area contributed by atoms with Gasteiger partial charge in [-0.15, -0.1) is 0 Å². The summed E-state index contributed by atoms with van der Waals surface area (Å²) in [5.74, 6) is 1.26. The topological polar surface area (TPSA) is 55.8 Å². The molecule has 0 unspecified atom stereocenters. The molecule has 116 valence electrons. The third-order valence-electron chi connectivity index (χ3n) is 3.11. The van der Waals surface area contributed by atoms with Crippen LogP contribution in [0, 0.1) is 6.92 Å². The molecule has 2 aromatic rings. The van der Waals surface area contributed by atoms with Gasteiger partial charge in [0.1, 0.15) is 30.8 Å². The predicted molar refractivity (Wildman–Crippen MR) is 84.6 cm³/mol. The Labute approximate surface area is 130 Å². The highest BCUT2D eigenvalue weighted by Crippen LogP contribution is 2.15. The number of benzene rings is 2. The maximum atomic E-state index is 11.3. The highest BCUT2D eigenvalue weighted by molar-refractivity contribution is 5.94. The first-order chi connectivity index (χ1) is 10.5. The minimum Gasteiger partial charge on any atom is -0.491 e. The minimum atomic E-state index is -0.749. The fraction of sp³-hybridized carbons (Fsp3) is 0.278. The molecule has 0 saturated carbocycles. The van der Waals surface area contributed by atoms with Gasteiger partial charge in [-0.05, 0) is 43.7 Å². The Balaban J connectivity index is 1.81. The van der Waals surface area contributed by atoms with E-state index in [1.54, 1.807) is 24.3 Å². The minimum absolute atomic E-state index is 0.0196. The number of carbonyl (C=O) groups is 1. The summed E-state index contributed by atoms with van der Waals surface area (Å²) in [5, 5.41) is 9.90. The van der Waals surface area contributed by atoms with Crippen molar-refractivity contribution in [3.8, 4) is 11.5 Å². The van der Waals surface area contributed by atoms with Crippen LogP contribution in [0.5, 0.6) is 11.5 Å². The van der Waals surface area contributed by atoms with Crippen LogP contribution >= 0.6 is 0 Å². The second kappa shape index (κ2) is 7.61. The number of aryl methyl sites for hydroxylation is 1. The average Bonchev–Trinajstić information content (AvgIpc) is 2.51. The van der Waals surface area contributed by atoms with E-state index in [9.17, 15) is 9.90 Å². The number of ketones is 1. The van der Waals surface area contributed by atoms with E-state index in [4.69, 9.17) is 9.47 Å². The van der Waals surface area contributed by atoms with Gasteiger partial charge in [0.2, 0.25) is 0 Å². The molecule has 1 atom stereocenters. The standard InChI is InChI=1S/C18H20O4/c1-13-5-3-7-17(9-13)21-11-16(20)12-22-18-8-4-6-15(10-18)14(2)19/h3-10,16,20H,11-12H2,1-2H3/t16-/m0/s1. The van der Waals surface area contributed by atoms with E-state index < -0.39 is 6.10 Å². The molecule has 2 aromatic carbocycles. The first kappa shape index (κ1) is 16.0. The number of hydrogen-bond acceptors (Lipinski definition) is 4. The Kier molecular flexibility index (Phi) is 5.55. The van der Waals surface area contributed by atoms with Crippen molar-refractivity contribution in [1.29, 1.82) is 0 Å². The lowest BCUT2D eigenvalue weighted by Gasteiger charge is -2.14. The van der Waals surface area contributed by atoms with Gasteiger partial charge in [0.25, 0.3) is 0 Å². The number of Topliss-reactive ketones (excluding diaryl/α,β-unsaturated/α-hetero) is 1. The largest absolute Gasteiger partial charge is 0.491 e. The molecule has 22 heavy (non-hydrogen) atoms. The molecule has 0 radical (unpaired) electrons. The fourth-order valence-electron chi connectivity index (χ4n) is 1.94. The van der Waals surface area contributed by atoms with Crippen LogP contribution in [0.1, 0.15) is 22.8 Å². The Bertz CT molecular complexity index is 636. The summed E-state index contributed by atoms with van der Waals surface area (Å²) in [5.41, 5.74) is 1.69. The van der Waals surface area contributed by atoms with E-state index in [2.05, 4.69) is 0 Å². The molecule has 0 aromatic heterocycles. The monoisotopic (exact) mass is 300 g/mol. The van der Waals surface area contributed by atoms with Crippen LogP contribution in [0.15, 0.2) is 48.5 Å². The lowest BCUT2D eigenvalue weighted by atomic mass is 10.1. The third-order valence-corrected chi connectivity index (χ3v) is 3.11. The highest BCUT2D eigenvalue weighted by atomic mass is 16.5. The number of aliphatic hydroxyl groups excluding tert-OH is 1. The van der Waals surface area contributed by atoms with Gasteiger partial charge in [0.15, 0.2) is 5.78 Å². The van der Waals surface area contributed by atoms with Crippen molar-refractivity contribution in [2.45, 2.75) is 20.0 Å². The molecule has 0 spiro atoms. The molecular weight excluding hydrogens is 280 g/mol. The van der Waals surface area contributed by atoms with E-state index in [-0.39, 0.29) is 19.0 Å². The van der Waals surface area contributed by atoms with Crippen molar-refractivity contribution in [2.75, 3.05) is 13.2 Å². The molecule has 2 rings (SSSR count). The van der Waals surface area contributed by atoms with Gasteiger partial charge in [-0.1, -0.05) is 24.3 Å². The van der Waals surface area contributed by atoms with Gasteiger partial charge in [-0.2, -0.15) is 0 Å². The summed E-state index contributed by atoms with van der Waals surface area (Å²) in [7, 11) is 0. The van der Waals surface area contributed by atoms with E-state index >= 15 is 0 Å². The summed E-state index contributed by atoms with van der Waals surface area (Å²) in [4.78, 5) is 11.3. The SMILES string of the molecule is CC(=O)c1cccc(OC[C@@H](O)COc2cccc(C)c2)c1. The van der Waals surface area contributed by atoms with Crippen molar-refractivity contribution < 1.29 is 19.4 Å². The molecule has 0 saturated heterocycles. The quantitative estimate of drug-likeness (QED) is 0.799. The van der Waals surface area contributed by atoms with Crippen LogP contribution in [-0.4, -0.2) is 30.2 Å². The van der Waals surface area contributed by atoms with Gasteiger partial charge >= 0.3 is 0 Å². The average molecular weight is 300 g/mol. The number of carbonyl (C=O) groups excluding carboxylic acids is 1. The molecule has 4 nitrogen and oxygen atoms in total. The summed E-state index contributed by atoms with van der Waals surface area (Å²) in [6.45, 7) is 3.74. The maximum absolute atomic E-state index is 11.3. The zero-order valence-corrected chi connectivity index (χ0v) is 12.8. The highest BCUT2D eigenvalue weighted by Gasteiger charge is 2.08. The van der Waals surface area contributed by atoms with E-state index in [0.29, 0.717) is 11.3 Å². The Morgan fingerprint density at radius 3 is 2.23 bits per heavy atom. The zero-order valence-electron chi connectivity index (χ0n) is 12.8. The molecule has 0 aliphatic heterocycles. The normalized spacial score (nSPS) is 11.8. The van der Waals surface area contributed by atoms with Crippen molar-refractivity contribution >= 4 is 5.78 Å². The molecule has 0 aliphatic carbocycles. The van der Waals surface area contributed by atoms with Gasteiger partial charge in [-0.25, -0.2) is 0 Å². The van der Waals surface area contributed by atoms with Crippen LogP contribution in [0.4, 0.5) is 0 Å². The predicted octanol–water partition coefficient (Wildman–Crippen LogP) is 3.02. The number of rotatable bonds is 7. The molecule has 4 heteroatoms. The van der Waals surface area contributed by atoms with Crippen LogP contribution in [0.3, 0.4) is 0 Å². The lowest BCUT2D eigenvalue weighted by Crippen LogP contribution is -2.25. The number of hydrogen-bond donors (Lipinski definition) is 1. The summed E-state index contributed by atoms with van der Waals surface area (Å²) < 4.78 is 11.0. The molecule has 0 heterocycles.